The number of ether oxygens (including phenoxy) is 2. The van der Waals surface area contributed by atoms with Crippen LogP contribution in [-0.4, -0.2) is 49.4 Å². The average molecular weight is 486 g/mol. The number of ketones is 1. The van der Waals surface area contributed by atoms with Gasteiger partial charge in [0.25, 0.3) is 0 Å². The molecule has 2 aromatic rings. The number of amides is 2. The van der Waals surface area contributed by atoms with Crippen LogP contribution >= 0.6 is 11.6 Å². The maximum absolute atomic E-state index is 13.0. The van der Waals surface area contributed by atoms with E-state index >= 15 is 0 Å². The average Bonchev–Trinajstić information content (AvgIpc) is 3.14. The highest BCUT2D eigenvalue weighted by molar-refractivity contribution is 6.31. The van der Waals surface area contributed by atoms with E-state index in [0.717, 1.165) is 12.1 Å². The Morgan fingerprint density at radius 3 is 2.24 bits per heavy atom. The van der Waals surface area contributed by atoms with Crippen LogP contribution in [-0.2, 0) is 15.8 Å². The molecule has 0 bridgehead atoms. The topological polar surface area (TPSA) is 97.0 Å². The first-order chi connectivity index (χ1) is 15.4. The van der Waals surface area contributed by atoms with Crippen LogP contribution in [0.15, 0.2) is 30.3 Å². The number of hydrogen-bond acceptors (Lipinski definition) is 6. The summed E-state index contributed by atoms with van der Waals surface area (Å²) in [5, 5.41) is 4.46. The molecule has 0 radical (unpaired) electrons. The highest BCUT2D eigenvalue weighted by Gasteiger charge is 2.33. The minimum atomic E-state index is -4.67. The van der Waals surface area contributed by atoms with Crippen molar-refractivity contribution in [2.75, 3.05) is 37.6 Å². The largest absolute Gasteiger partial charge is 0.454 e. The van der Waals surface area contributed by atoms with Crippen LogP contribution in [0.2, 0.25) is 5.02 Å². The van der Waals surface area contributed by atoms with Crippen molar-refractivity contribution in [3.05, 3.63) is 46.5 Å². The second-order valence-corrected chi connectivity index (χ2v) is 7.68. The number of hydrogen-bond donors (Lipinski definition) is 2. The number of carbonyl (C=O) groups excluding carboxylic acids is 3. The highest BCUT2D eigenvalue weighted by Crippen LogP contribution is 2.37. The third-order valence-corrected chi connectivity index (χ3v) is 4.88. The van der Waals surface area contributed by atoms with E-state index in [9.17, 15) is 27.6 Å². The van der Waals surface area contributed by atoms with Gasteiger partial charge in [0.1, 0.15) is 0 Å². The van der Waals surface area contributed by atoms with Crippen LogP contribution in [0.3, 0.4) is 0 Å². The number of Topliss-reactive ketones (excluding diaryl/α,β-unsaturated/α-hetero) is 1. The lowest BCUT2D eigenvalue weighted by atomic mass is 10.1. The van der Waals surface area contributed by atoms with E-state index in [1.807, 2.05) is 0 Å². The first kappa shape index (κ1) is 24.3. The van der Waals surface area contributed by atoms with Gasteiger partial charge in [0.2, 0.25) is 18.6 Å². The van der Waals surface area contributed by atoms with Crippen molar-refractivity contribution < 1.29 is 37.0 Å². The number of anilines is 2. The zero-order valence-corrected chi connectivity index (χ0v) is 18.3. The lowest BCUT2D eigenvalue weighted by Crippen LogP contribution is -2.36. The molecule has 2 aromatic carbocycles. The van der Waals surface area contributed by atoms with E-state index < -0.39 is 28.6 Å². The predicted molar refractivity (Wildman–Crippen MR) is 114 cm³/mol. The molecule has 0 fully saturated rings. The molecule has 3 rings (SSSR count). The molecule has 176 valence electrons. The number of carbonyl (C=O) groups is 3. The molecule has 0 atom stereocenters. The number of nitrogens with one attached hydrogen (secondary N) is 2. The van der Waals surface area contributed by atoms with Gasteiger partial charge in [0, 0.05) is 17.3 Å². The summed E-state index contributed by atoms with van der Waals surface area (Å²) in [6, 6.07) is 5.96. The van der Waals surface area contributed by atoms with Gasteiger partial charge in [0.05, 0.1) is 29.4 Å². The Morgan fingerprint density at radius 1 is 1.03 bits per heavy atom. The van der Waals surface area contributed by atoms with Gasteiger partial charge in [-0.1, -0.05) is 11.6 Å². The number of benzene rings is 2. The molecule has 0 saturated carbocycles. The molecule has 1 aliphatic rings. The quantitative estimate of drug-likeness (QED) is 0.579. The fourth-order valence-corrected chi connectivity index (χ4v) is 3.32. The maximum atomic E-state index is 13.0. The van der Waals surface area contributed by atoms with E-state index in [1.54, 1.807) is 0 Å². The molecule has 0 saturated heterocycles. The van der Waals surface area contributed by atoms with Crippen LogP contribution in [0.5, 0.6) is 11.5 Å². The van der Waals surface area contributed by atoms with Crippen molar-refractivity contribution in [2.45, 2.75) is 13.1 Å². The summed E-state index contributed by atoms with van der Waals surface area (Å²) in [6.07, 6.45) is -4.67. The molecular weight excluding hydrogens is 467 g/mol. The minimum absolute atomic E-state index is 0.0000105. The number of alkyl halides is 3. The predicted octanol–water partition coefficient (Wildman–Crippen LogP) is 3.80. The lowest BCUT2D eigenvalue weighted by molar-refractivity contribution is -0.137. The summed E-state index contributed by atoms with van der Waals surface area (Å²) >= 11 is 5.57. The fraction of sp³-hybridized carbons (Fsp3) is 0.286. The third-order valence-electron chi connectivity index (χ3n) is 4.55. The number of halogens is 4. The minimum Gasteiger partial charge on any atom is -0.454 e. The molecule has 1 heterocycles. The molecule has 0 unspecified atom stereocenters. The van der Waals surface area contributed by atoms with Gasteiger partial charge in [-0.3, -0.25) is 19.3 Å². The van der Waals surface area contributed by atoms with Crippen LogP contribution < -0.4 is 20.1 Å². The molecule has 0 spiro atoms. The van der Waals surface area contributed by atoms with E-state index in [4.69, 9.17) is 21.1 Å². The molecule has 0 aliphatic carbocycles. The standard InChI is InChI=1S/C21H19ClF3N3O5/c1-11(29)13-6-17-18(33-10-32-17)7-16(13)27-20(31)9-28(2)8-19(30)26-12-3-4-15(22)14(5-12)21(23,24)25/h3-7H,8-10H2,1-2H3,(H,26,30)(H,27,31). The van der Waals surface area contributed by atoms with Crippen LogP contribution in [0.4, 0.5) is 24.5 Å². The number of rotatable bonds is 7. The monoisotopic (exact) mass is 485 g/mol. The number of fused-ring (bicyclic) bond motifs is 1. The Kier molecular flexibility index (Phi) is 7.13. The molecule has 2 N–H and O–H groups in total. The fourth-order valence-electron chi connectivity index (χ4n) is 3.09. The van der Waals surface area contributed by atoms with Crippen molar-refractivity contribution in [1.82, 2.24) is 4.90 Å². The molecule has 33 heavy (non-hydrogen) atoms. The Morgan fingerprint density at radius 2 is 1.64 bits per heavy atom. The van der Waals surface area contributed by atoms with Crippen LogP contribution in [0, 0.1) is 0 Å². The van der Waals surface area contributed by atoms with Gasteiger partial charge in [-0.15, -0.1) is 0 Å². The summed E-state index contributed by atoms with van der Waals surface area (Å²) in [7, 11) is 1.48. The zero-order chi connectivity index (χ0) is 24.3. The van der Waals surface area contributed by atoms with E-state index in [-0.39, 0.29) is 42.6 Å². The molecule has 0 aromatic heterocycles. The summed E-state index contributed by atoms with van der Waals surface area (Å²) in [6.45, 7) is 0.830. The van der Waals surface area contributed by atoms with Gasteiger partial charge in [-0.25, -0.2) is 0 Å². The highest BCUT2D eigenvalue weighted by atomic mass is 35.5. The number of likely N-dealkylation sites (N-methyl/N-ethyl adjacent to an activating group) is 1. The second kappa shape index (κ2) is 9.67. The molecule has 1 aliphatic heterocycles. The Labute approximate surface area is 191 Å². The lowest BCUT2D eigenvalue weighted by Gasteiger charge is -2.17. The van der Waals surface area contributed by atoms with Crippen molar-refractivity contribution in [3.63, 3.8) is 0 Å². The first-order valence-electron chi connectivity index (χ1n) is 9.53. The normalized spacial score (nSPS) is 12.6. The molecule has 2 amide bonds. The summed E-state index contributed by atoms with van der Waals surface area (Å²) in [5.41, 5.74) is -0.688. The van der Waals surface area contributed by atoms with Gasteiger partial charge >= 0.3 is 6.18 Å². The maximum Gasteiger partial charge on any atom is 0.417 e. The molecule has 12 heteroatoms. The van der Waals surface area contributed by atoms with Gasteiger partial charge in [0.15, 0.2) is 17.3 Å². The first-order valence-corrected chi connectivity index (χ1v) is 9.91. The van der Waals surface area contributed by atoms with Crippen molar-refractivity contribution in [3.8, 4) is 11.5 Å². The van der Waals surface area contributed by atoms with Gasteiger partial charge in [-0.2, -0.15) is 13.2 Å². The summed E-state index contributed by atoms with van der Waals surface area (Å²) in [5.74, 6) is -0.671. The second-order valence-electron chi connectivity index (χ2n) is 7.27. The summed E-state index contributed by atoms with van der Waals surface area (Å²) < 4.78 is 49.4. The van der Waals surface area contributed by atoms with E-state index in [1.165, 1.54) is 37.1 Å². The van der Waals surface area contributed by atoms with Crippen molar-refractivity contribution in [2.24, 2.45) is 0 Å². The smallest absolute Gasteiger partial charge is 0.417 e. The molecular formula is C21H19ClF3N3O5. The van der Waals surface area contributed by atoms with E-state index in [2.05, 4.69) is 10.6 Å². The summed E-state index contributed by atoms with van der Waals surface area (Å²) in [4.78, 5) is 37.9. The Balaban J connectivity index is 1.59. The van der Waals surface area contributed by atoms with Gasteiger partial charge in [-0.05, 0) is 38.2 Å². The van der Waals surface area contributed by atoms with E-state index in [0.29, 0.717) is 11.5 Å². The van der Waals surface area contributed by atoms with Crippen LogP contribution in [0.1, 0.15) is 22.8 Å². The molecule has 8 nitrogen and oxygen atoms in total. The van der Waals surface area contributed by atoms with Gasteiger partial charge < -0.3 is 20.1 Å². The number of nitrogens with zero attached hydrogens (tertiary/aromatic N) is 1. The van der Waals surface area contributed by atoms with Crippen LogP contribution in [0.25, 0.3) is 0 Å². The van der Waals surface area contributed by atoms with Crippen molar-refractivity contribution >= 4 is 40.6 Å². The SMILES string of the molecule is CC(=O)c1cc2c(cc1NC(=O)CN(C)CC(=O)Nc1ccc(Cl)c(C(F)(F)F)c1)OCO2. The Bertz CT molecular complexity index is 1110. The van der Waals surface area contributed by atoms with Crippen molar-refractivity contribution in [1.29, 1.82) is 0 Å². The Hall–Kier alpha value is -3.31. The zero-order valence-electron chi connectivity index (χ0n) is 17.5. The third kappa shape index (κ3) is 6.14.